The summed E-state index contributed by atoms with van der Waals surface area (Å²) in [4.78, 5) is 14.7. The van der Waals surface area contributed by atoms with Crippen molar-refractivity contribution in [1.29, 1.82) is 0 Å². The average molecular weight is 500 g/mol. The number of thiophene rings is 1. The van der Waals surface area contributed by atoms with Crippen molar-refractivity contribution in [1.82, 2.24) is 15.0 Å². The van der Waals surface area contributed by atoms with Crippen molar-refractivity contribution < 1.29 is 0 Å². The van der Waals surface area contributed by atoms with Crippen LogP contribution in [-0.4, -0.2) is 15.0 Å². The van der Waals surface area contributed by atoms with E-state index in [0.29, 0.717) is 22.5 Å². The van der Waals surface area contributed by atoms with Crippen molar-refractivity contribution in [3.8, 4) is 34.2 Å². The number of benzene rings is 5. The van der Waals surface area contributed by atoms with Crippen molar-refractivity contribution in [3.63, 3.8) is 0 Å². The fraction of sp³-hybridized carbons (Fsp3) is 0. The van der Waals surface area contributed by atoms with Gasteiger partial charge in [0.05, 0.1) is 5.02 Å². The smallest absolute Gasteiger partial charge is 0.164 e. The quantitative estimate of drug-likeness (QED) is 0.243. The van der Waals surface area contributed by atoms with Gasteiger partial charge in [0.1, 0.15) is 0 Å². The van der Waals surface area contributed by atoms with Crippen LogP contribution in [0.15, 0.2) is 109 Å². The molecule has 2 aromatic heterocycles. The molecule has 0 atom stereocenters. The lowest BCUT2D eigenvalue weighted by Gasteiger charge is -2.10. The molecular weight excluding hydrogens is 482 g/mol. The second kappa shape index (κ2) is 8.52. The van der Waals surface area contributed by atoms with Gasteiger partial charge in [0.2, 0.25) is 0 Å². The van der Waals surface area contributed by atoms with Gasteiger partial charge in [-0.15, -0.1) is 11.3 Å². The summed E-state index contributed by atoms with van der Waals surface area (Å²) in [6, 6.07) is 37.1. The second-order valence-corrected chi connectivity index (χ2v) is 10.2. The van der Waals surface area contributed by atoms with Crippen LogP contribution in [0.4, 0.5) is 0 Å². The molecule has 5 heteroatoms. The van der Waals surface area contributed by atoms with E-state index >= 15 is 0 Å². The highest BCUT2D eigenvalue weighted by molar-refractivity contribution is 7.26. The Morgan fingerprint density at radius 3 is 2.00 bits per heavy atom. The maximum Gasteiger partial charge on any atom is 0.164 e. The number of fused-ring (bicyclic) bond motifs is 4. The average Bonchev–Trinajstić information content (AvgIpc) is 3.32. The van der Waals surface area contributed by atoms with Crippen molar-refractivity contribution in [2.24, 2.45) is 0 Å². The van der Waals surface area contributed by atoms with E-state index in [1.165, 1.54) is 15.5 Å². The predicted molar refractivity (Wildman–Crippen MR) is 152 cm³/mol. The van der Waals surface area contributed by atoms with Gasteiger partial charge in [-0.3, -0.25) is 0 Å². The number of hydrogen-bond acceptors (Lipinski definition) is 4. The molecule has 0 aliphatic heterocycles. The lowest BCUT2D eigenvalue weighted by Crippen LogP contribution is -2.00. The minimum atomic E-state index is 0.605. The summed E-state index contributed by atoms with van der Waals surface area (Å²) >= 11 is 8.58. The van der Waals surface area contributed by atoms with Crippen LogP contribution in [0.2, 0.25) is 5.02 Å². The summed E-state index contributed by atoms with van der Waals surface area (Å²) in [5.41, 5.74) is 2.77. The molecular formula is C31H18ClN3S. The molecule has 0 aliphatic carbocycles. The normalized spacial score (nSPS) is 11.5. The summed E-state index contributed by atoms with van der Waals surface area (Å²) in [6.45, 7) is 0. The van der Waals surface area contributed by atoms with E-state index in [9.17, 15) is 0 Å². The number of aromatic nitrogens is 3. The van der Waals surface area contributed by atoms with Crippen LogP contribution in [0, 0.1) is 0 Å². The van der Waals surface area contributed by atoms with Gasteiger partial charge < -0.3 is 0 Å². The zero-order valence-corrected chi connectivity index (χ0v) is 20.6. The first-order valence-corrected chi connectivity index (χ1v) is 12.8. The van der Waals surface area contributed by atoms with Gasteiger partial charge in [0.15, 0.2) is 17.5 Å². The third kappa shape index (κ3) is 3.63. The SMILES string of the molecule is Clc1cc(-c2nc(-c3ccccc3)nc(-c3ccc4ccccc4c3)n2)cc2sc3ccccc3c12. The Hall–Kier alpha value is -4.12. The van der Waals surface area contributed by atoms with E-state index in [1.807, 2.05) is 54.6 Å². The molecule has 0 aliphatic rings. The molecule has 0 N–H and O–H groups in total. The van der Waals surface area contributed by atoms with E-state index in [1.54, 1.807) is 11.3 Å². The fourth-order valence-electron chi connectivity index (χ4n) is 4.61. The highest BCUT2D eigenvalue weighted by Gasteiger charge is 2.16. The van der Waals surface area contributed by atoms with E-state index in [0.717, 1.165) is 32.2 Å². The minimum Gasteiger partial charge on any atom is -0.208 e. The molecule has 170 valence electrons. The maximum atomic E-state index is 6.85. The Morgan fingerprint density at radius 1 is 0.500 bits per heavy atom. The van der Waals surface area contributed by atoms with E-state index in [4.69, 9.17) is 26.6 Å². The molecule has 0 bridgehead atoms. The van der Waals surface area contributed by atoms with Crippen LogP contribution in [0.3, 0.4) is 0 Å². The summed E-state index contributed by atoms with van der Waals surface area (Å²) in [5.74, 6) is 1.88. The van der Waals surface area contributed by atoms with Gasteiger partial charge >= 0.3 is 0 Å². The van der Waals surface area contributed by atoms with Gasteiger partial charge in [-0.1, -0.05) is 96.5 Å². The number of nitrogens with zero attached hydrogens (tertiary/aromatic N) is 3. The monoisotopic (exact) mass is 499 g/mol. The Balaban J connectivity index is 1.46. The molecule has 0 saturated heterocycles. The summed E-state index contributed by atoms with van der Waals surface area (Å²) in [7, 11) is 0. The van der Waals surface area contributed by atoms with Gasteiger partial charge in [0, 0.05) is 36.9 Å². The Labute approximate surface area is 216 Å². The molecule has 7 aromatic rings. The summed E-state index contributed by atoms with van der Waals surface area (Å²) in [6.07, 6.45) is 0. The van der Waals surface area contributed by atoms with Crippen molar-refractivity contribution in [2.75, 3.05) is 0 Å². The highest BCUT2D eigenvalue weighted by Crippen LogP contribution is 2.40. The number of halogens is 1. The molecule has 7 rings (SSSR count). The fourth-order valence-corrected chi connectivity index (χ4v) is 6.16. The van der Waals surface area contributed by atoms with Gasteiger partial charge in [-0.2, -0.15) is 0 Å². The molecule has 0 fully saturated rings. The lowest BCUT2D eigenvalue weighted by molar-refractivity contribution is 1.08. The van der Waals surface area contributed by atoms with Crippen LogP contribution >= 0.6 is 22.9 Å². The van der Waals surface area contributed by atoms with Crippen LogP contribution in [0.1, 0.15) is 0 Å². The van der Waals surface area contributed by atoms with Gasteiger partial charge in [-0.05, 0) is 35.0 Å². The summed E-state index contributed by atoms with van der Waals surface area (Å²) in [5, 5.41) is 5.28. The third-order valence-corrected chi connectivity index (χ3v) is 7.78. The van der Waals surface area contributed by atoms with E-state index in [-0.39, 0.29) is 0 Å². The van der Waals surface area contributed by atoms with Crippen molar-refractivity contribution >= 4 is 53.9 Å². The molecule has 5 aromatic carbocycles. The summed E-state index contributed by atoms with van der Waals surface area (Å²) < 4.78 is 2.33. The molecule has 0 unspecified atom stereocenters. The molecule has 36 heavy (non-hydrogen) atoms. The zero-order valence-electron chi connectivity index (χ0n) is 19.0. The predicted octanol–water partition coefficient (Wildman–Crippen LogP) is 9.05. The lowest BCUT2D eigenvalue weighted by atomic mass is 10.1. The zero-order chi connectivity index (χ0) is 24.1. The van der Waals surface area contributed by atoms with Crippen molar-refractivity contribution in [2.45, 2.75) is 0 Å². The largest absolute Gasteiger partial charge is 0.208 e. The van der Waals surface area contributed by atoms with E-state index in [2.05, 4.69) is 54.6 Å². The number of rotatable bonds is 3. The molecule has 2 heterocycles. The maximum absolute atomic E-state index is 6.85. The molecule has 0 spiro atoms. The Kier molecular flexibility index (Phi) is 5.01. The van der Waals surface area contributed by atoms with Gasteiger partial charge in [-0.25, -0.2) is 15.0 Å². The van der Waals surface area contributed by atoms with Crippen molar-refractivity contribution in [3.05, 3.63) is 114 Å². The van der Waals surface area contributed by atoms with Crippen LogP contribution in [0.5, 0.6) is 0 Å². The second-order valence-electron chi connectivity index (χ2n) is 8.66. The molecule has 0 radical (unpaired) electrons. The minimum absolute atomic E-state index is 0.605. The topological polar surface area (TPSA) is 38.7 Å². The Morgan fingerprint density at radius 2 is 1.17 bits per heavy atom. The highest BCUT2D eigenvalue weighted by atomic mass is 35.5. The van der Waals surface area contributed by atoms with Crippen LogP contribution < -0.4 is 0 Å². The van der Waals surface area contributed by atoms with Crippen LogP contribution in [-0.2, 0) is 0 Å². The van der Waals surface area contributed by atoms with Gasteiger partial charge in [0.25, 0.3) is 0 Å². The molecule has 0 amide bonds. The first-order chi connectivity index (χ1) is 17.7. The molecule has 0 saturated carbocycles. The standard InChI is InChI=1S/C31H18ClN3S/c32-25-17-23(18-27-28(25)24-12-6-7-13-26(24)36-27)31-34-29(20-9-2-1-3-10-20)33-30(35-31)22-15-14-19-8-4-5-11-21(19)16-22/h1-18H. The first kappa shape index (κ1) is 21.2. The third-order valence-electron chi connectivity index (χ3n) is 6.36. The van der Waals surface area contributed by atoms with E-state index < -0.39 is 0 Å². The van der Waals surface area contributed by atoms with Crippen LogP contribution in [0.25, 0.3) is 65.1 Å². The first-order valence-electron chi connectivity index (χ1n) is 11.6. The number of hydrogen-bond donors (Lipinski definition) is 0. The molecule has 3 nitrogen and oxygen atoms in total. The Bertz CT molecular complexity index is 1910.